The summed E-state index contributed by atoms with van der Waals surface area (Å²) in [6, 6.07) is 11.5. The van der Waals surface area contributed by atoms with Crippen molar-refractivity contribution in [3.05, 3.63) is 66.4 Å². The van der Waals surface area contributed by atoms with Crippen LogP contribution in [0.1, 0.15) is 16.2 Å². The number of aromatic nitrogens is 4. The van der Waals surface area contributed by atoms with E-state index in [0.29, 0.717) is 12.4 Å². The number of benzene rings is 1. The molecule has 24 heavy (non-hydrogen) atoms. The molecule has 0 atom stereocenters. The van der Waals surface area contributed by atoms with E-state index >= 15 is 0 Å². The second-order valence-corrected chi connectivity index (χ2v) is 5.22. The van der Waals surface area contributed by atoms with Crippen LogP contribution in [0.5, 0.6) is 0 Å². The molecule has 7 heteroatoms. The van der Waals surface area contributed by atoms with Gasteiger partial charge in [0.05, 0.1) is 0 Å². The molecule has 7 nitrogen and oxygen atoms in total. The molecule has 0 fully saturated rings. The highest BCUT2D eigenvalue weighted by atomic mass is 16.5. The van der Waals surface area contributed by atoms with Crippen molar-refractivity contribution in [3.8, 4) is 11.4 Å². The van der Waals surface area contributed by atoms with Gasteiger partial charge in [0, 0.05) is 41.6 Å². The van der Waals surface area contributed by atoms with Gasteiger partial charge in [-0.3, -0.25) is 9.78 Å². The topological polar surface area (TPSA) is 96.7 Å². The highest BCUT2D eigenvalue weighted by Crippen LogP contribution is 2.26. The second-order valence-electron chi connectivity index (χ2n) is 5.22. The lowest BCUT2D eigenvalue weighted by Gasteiger charge is -2.00. The molecule has 0 bridgehead atoms. The number of aromatic amines is 1. The van der Waals surface area contributed by atoms with Crippen molar-refractivity contribution >= 4 is 16.8 Å². The van der Waals surface area contributed by atoms with E-state index in [9.17, 15) is 4.79 Å². The third-order valence-electron chi connectivity index (χ3n) is 3.63. The number of hydrogen-bond acceptors (Lipinski definition) is 5. The van der Waals surface area contributed by atoms with Crippen LogP contribution in [0.3, 0.4) is 0 Å². The Morgan fingerprint density at radius 1 is 1.21 bits per heavy atom. The van der Waals surface area contributed by atoms with Gasteiger partial charge in [-0.05, 0) is 17.7 Å². The van der Waals surface area contributed by atoms with E-state index in [1.165, 1.54) is 0 Å². The molecule has 0 unspecified atom stereocenters. The third kappa shape index (κ3) is 2.63. The molecule has 0 saturated carbocycles. The number of hydrogen-bond donors (Lipinski definition) is 2. The Labute approximate surface area is 136 Å². The lowest BCUT2D eigenvalue weighted by Crippen LogP contribution is -2.23. The summed E-state index contributed by atoms with van der Waals surface area (Å²) < 4.78 is 5.08. The van der Waals surface area contributed by atoms with E-state index in [2.05, 4.69) is 25.4 Å². The first-order chi connectivity index (χ1) is 11.8. The molecule has 118 valence electrons. The maximum atomic E-state index is 12.1. The number of fused-ring (bicyclic) bond motifs is 1. The number of nitrogens with zero attached hydrogens (tertiary/aromatic N) is 3. The van der Waals surface area contributed by atoms with Gasteiger partial charge in [0.1, 0.15) is 0 Å². The SMILES string of the molecule is O=C(NCc1cccnc1)c1nc(-c2c[nH]c3ccccc23)no1. The number of H-pyrrole nitrogens is 1. The summed E-state index contributed by atoms with van der Waals surface area (Å²) in [5.74, 6) is -0.115. The van der Waals surface area contributed by atoms with Crippen LogP contribution in [-0.2, 0) is 6.54 Å². The van der Waals surface area contributed by atoms with Crippen LogP contribution >= 0.6 is 0 Å². The molecule has 0 spiro atoms. The summed E-state index contributed by atoms with van der Waals surface area (Å²) in [4.78, 5) is 23.5. The summed E-state index contributed by atoms with van der Waals surface area (Å²) in [7, 11) is 0. The second kappa shape index (κ2) is 5.96. The monoisotopic (exact) mass is 319 g/mol. The minimum atomic E-state index is -0.419. The molecule has 0 aliphatic heterocycles. The van der Waals surface area contributed by atoms with Gasteiger partial charge in [0.2, 0.25) is 5.82 Å². The number of carbonyl (C=O) groups excluding carboxylic acids is 1. The van der Waals surface area contributed by atoms with Crippen molar-refractivity contribution in [1.29, 1.82) is 0 Å². The highest BCUT2D eigenvalue weighted by Gasteiger charge is 2.17. The maximum Gasteiger partial charge on any atom is 0.316 e. The Balaban J connectivity index is 1.53. The highest BCUT2D eigenvalue weighted by molar-refractivity contribution is 5.94. The lowest BCUT2D eigenvalue weighted by molar-refractivity contribution is 0.0907. The fraction of sp³-hybridized carbons (Fsp3) is 0.0588. The van der Waals surface area contributed by atoms with E-state index in [1.54, 1.807) is 18.6 Å². The quantitative estimate of drug-likeness (QED) is 0.602. The Kier molecular flexibility index (Phi) is 3.51. The number of carbonyl (C=O) groups is 1. The maximum absolute atomic E-state index is 12.1. The predicted octanol–water partition coefficient (Wildman–Crippen LogP) is 2.54. The zero-order valence-corrected chi connectivity index (χ0v) is 12.6. The van der Waals surface area contributed by atoms with Crippen molar-refractivity contribution in [2.75, 3.05) is 0 Å². The van der Waals surface area contributed by atoms with E-state index in [-0.39, 0.29) is 5.89 Å². The summed E-state index contributed by atoms with van der Waals surface area (Å²) in [6.45, 7) is 0.345. The Morgan fingerprint density at radius 2 is 2.12 bits per heavy atom. The van der Waals surface area contributed by atoms with Gasteiger partial charge in [-0.2, -0.15) is 4.98 Å². The van der Waals surface area contributed by atoms with Crippen LogP contribution in [0.25, 0.3) is 22.3 Å². The van der Waals surface area contributed by atoms with Crippen LogP contribution < -0.4 is 5.32 Å². The number of pyridine rings is 1. The zero-order chi connectivity index (χ0) is 16.4. The predicted molar refractivity (Wildman–Crippen MR) is 87.0 cm³/mol. The number of nitrogens with one attached hydrogen (secondary N) is 2. The van der Waals surface area contributed by atoms with Gasteiger partial charge in [-0.1, -0.05) is 29.4 Å². The molecule has 0 aliphatic carbocycles. The molecule has 4 rings (SSSR count). The minimum Gasteiger partial charge on any atom is -0.360 e. The van der Waals surface area contributed by atoms with E-state index in [4.69, 9.17) is 4.52 Å². The molecule has 2 N–H and O–H groups in total. The molecule has 4 aromatic rings. The zero-order valence-electron chi connectivity index (χ0n) is 12.6. The summed E-state index contributed by atoms with van der Waals surface area (Å²) in [5.41, 5.74) is 2.66. The largest absolute Gasteiger partial charge is 0.360 e. The summed E-state index contributed by atoms with van der Waals surface area (Å²) >= 11 is 0. The summed E-state index contributed by atoms with van der Waals surface area (Å²) in [6.07, 6.45) is 5.16. The normalized spacial score (nSPS) is 10.8. The smallest absolute Gasteiger partial charge is 0.316 e. The van der Waals surface area contributed by atoms with E-state index in [0.717, 1.165) is 22.0 Å². The van der Waals surface area contributed by atoms with Gasteiger partial charge in [0.15, 0.2) is 0 Å². The first kappa shape index (κ1) is 14.1. The molecular weight excluding hydrogens is 306 g/mol. The third-order valence-corrected chi connectivity index (χ3v) is 3.63. The molecule has 1 aromatic carbocycles. The standard InChI is InChI=1S/C17H13N5O2/c23-16(20-9-11-4-3-7-18-8-11)17-21-15(22-24-17)13-10-19-14-6-2-1-5-12(13)14/h1-8,10,19H,9H2,(H,20,23). The van der Waals surface area contributed by atoms with Gasteiger partial charge < -0.3 is 14.8 Å². The van der Waals surface area contributed by atoms with Gasteiger partial charge in [-0.15, -0.1) is 0 Å². The molecule has 0 radical (unpaired) electrons. The Bertz CT molecular complexity index is 990. The molecule has 3 aromatic heterocycles. The van der Waals surface area contributed by atoms with Crippen LogP contribution in [-0.4, -0.2) is 26.0 Å². The lowest BCUT2D eigenvalue weighted by atomic mass is 10.2. The summed E-state index contributed by atoms with van der Waals surface area (Å²) in [5, 5.41) is 7.61. The van der Waals surface area contributed by atoms with Crippen LogP contribution in [0.15, 0.2) is 59.5 Å². The van der Waals surface area contributed by atoms with Gasteiger partial charge in [0.25, 0.3) is 0 Å². The van der Waals surface area contributed by atoms with Crippen LogP contribution in [0.2, 0.25) is 0 Å². The van der Waals surface area contributed by atoms with Crippen molar-refractivity contribution in [2.45, 2.75) is 6.54 Å². The fourth-order valence-electron chi connectivity index (χ4n) is 2.44. The van der Waals surface area contributed by atoms with E-state index in [1.807, 2.05) is 36.4 Å². The molecule has 0 aliphatic rings. The van der Waals surface area contributed by atoms with Crippen molar-refractivity contribution in [2.24, 2.45) is 0 Å². The average molecular weight is 319 g/mol. The number of para-hydroxylation sites is 1. The first-order valence-corrected chi connectivity index (χ1v) is 7.38. The van der Waals surface area contributed by atoms with Crippen molar-refractivity contribution < 1.29 is 9.32 Å². The number of rotatable bonds is 4. The number of amides is 1. The van der Waals surface area contributed by atoms with Gasteiger partial charge >= 0.3 is 11.8 Å². The minimum absolute atomic E-state index is 0.0702. The molecule has 1 amide bonds. The Morgan fingerprint density at radius 3 is 3.00 bits per heavy atom. The van der Waals surface area contributed by atoms with Gasteiger partial charge in [-0.25, -0.2) is 0 Å². The first-order valence-electron chi connectivity index (χ1n) is 7.38. The van der Waals surface area contributed by atoms with Crippen LogP contribution in [0.4, 0.5) is 0 Å². The average Bonchev–Trinajstić information content (AvgIpc) is 3.27. The van der Waals surface area contributed by atoms with E-state index < -0.39 is 5.91 Å². The molecule has 3 heterocycles. The van der Waals surface area contributed by atoms with Crippen molar-refractivity contribution in [3.63, 3.8) is 0 Å². The fourth-order valence-corrected chi connectivity index (χ4v) is 2.44. The Hall–Kier alpha value is -3.48. The molecular formula is C17H13N5O2. The molecule has 0 saturated heterocycles. The van der Waals surface area contributed by atoms with Crippen LogP contribution in [0, 0.1) is 0 Å². The van der Waals surface area contributed by atoms with Crippen molar-refractivity contribution in [1.82, 2.24) is 25.4 Å².